The predicted molar refractivity (Wildman–Crippen MR) is 79.2 cm³/mol. The second-order valence-electron chi connectivity index (χ2n) is 4.47. The Morgan fingerprint density at radius 1 is 1.05 bits per heavy atom. The first-order valence-electron chi connectivity index (χ1n) is 6.35. The molecule has 0 saturated carbocycles. The van der Waals surface area contributed by atoms with Crippen molar-refractivity contribution in [1.29, 1.82) is 0 Å². The van der Waals surface area contributed by atoms with Crippen molar-refractivity contribution in [2.24, 2.45) is 0 Å². The van der Waals surface area contributed by atoms with Crippen LogP contribution in [0.3, 0.4) is 0 Å². The summed E-state index contributed by atoms with van der Waals surface area (Å²) < 4.78 is 5.05. The summed E-state index contributed by atoms with van der Waals surface area (Å²) in [5, 5.41) is 9.00. The highest BCUT2D eigenvalue weighted by Gasteiger charge is 2.12. The summed E-state index contributed by atoms with van der Waals surface area (Å²) in [6, 6.07) is 13.6. The number of carbonyl (C=O) groups excluding carboxylic acids is 1. The van der Waals surface area contributed by atoms with E-state index in [1.54, 1.807) is 18.2 Å². The lowest BCUT2D eigenvalue weighted by atomic mass is 10.1. The van der Waals surface area contributed by atoms with Crippen molar-refractivity contribution in [3.8, 4) is 5.75 Å². The van der Waals surface area contributed by atoms with Gasteiger partial charge in [-0.1, -0.05) is 42.0 Å². The molecule has 2 aromatic rings. The number of hydrogen-bond donors (Lipinski definition) is 1. The summed E-state index contributed by atoms with van der Waals surface area (Å²) >= 11 is 0. The standard InChI is InChI=1S/C17H14O4/c1-12-6-8-13(9-7-12)10-11-16(18)21-15-5-3-2-4-14(15)17(19)20/h2-11H,1H3,(H,19,20)/b11-10+. The van der Waals surface area contributed by atoms with E-state index in [1.807, 2.05) is 31.2 Å². The number of rotatable bonds is 4. The van der Waals surface area contributed by atoms with Gasteiger partial charge in [0.05, 0.1) is 0 Å². The summed E-state index contributed by atoms with van der Waals surface area (Å²) in [5.41, 5.74) is 1.95. The van der Waals surface area contributed by atoms with Crippen molar-refractivity contribution < 1.29 is 19.4 Å². The van der Waals surface area contributed by atoms with Crippen molar-refractivity contribution >= 4 is 18.0 Å². The fraction of sp³-hybridized carbons (Fsp3) is 0.0588. The lowest BCUT2D eigenvalue weighted by molar-refractivity contribution is -0.128. The van der Waals surface area contributed by atoms with Crippen LogP contribution in [0.5, 0.6) is 5.75 Å². The molecule has 0 fully saturated rings. The van der Waals surface area contributed by atoms with Crippen molar-refractivity contribution in [1.82, 2.24) is 0 Å². The van der Waals surface area contributed by atoms with E-state index in [0.29, 0.717) is 0 Å². The Kier molecular flexibility index (Phi) is 4.51. The molecule has 0 aliphatic heterocycles. The van der Waals surface area contributed by atoms with Crippen molar-refractivity contribution in [2.45, 2.75) is 6.92 Å². The zero-order chi connectivity index (χ0) is 15.2. The van der Waals surface area contributed by atoms with E-state index in [-0.39, 0.29) is 11.3 Å². The van der Waals surface area contributed by atoms with Gasteiger partial charge in [-0.3, -0.25) is 0 Å². The summed E-state index contributed by atoms with van der Waals surface area (Å²) in [6.45, 7) is 1.98. The molecule has 0 atom stereocenters. The van der Waals surface area contributed by atoms with Crippen LogP contribution in [0.2, 0.25) is 0 Å². The average molecular weight is 282 g/mol. The van der Waals surface area contributed by atoms with E-state index in [2.05, 4.69) is 0 Å². The average Bonchev–Trinajstić information content (AvgIpc) is 2.47. The number of para-hydroxylation sites is 1. The minimum Gasteiger partial charge on any atom is -0.478 e. The fourth-order valence-electron chi connectivity index (χ4n) is 1.72. The van der Waals surface area contributed by atoms with E-state index >= 15 is 0 Å². The Balaban J connectivity index is 2.08. The maximum Gasteiger partial charge on any atom is 0.339 e. The molecule has 106 valence electrons. The van der Waals surface area contributed by atoms with Crippen molar-refractivity contribution in [3.05, 3.63) is 71.3 Å². The molecule has 21 heavy (non-hydrogen) atoms. The smallest absolute Gasteiger partial charge is 0.339 e. The molecular weight excluding hydrogens is 268 g/mol. The Morgan fingerprint density at radius 2 is 1.71 bits per heavy atom. The fourth-order valence-corrected chi connectivity index (χ4v) is 1.72. The molecule has 0 unspecified atom stereocenters. The first-order valence-corrected chi connectivity index (χ1v) is 6.35. The maximum absolute atomic E-state index is 11.7. The number of carboxylic acids is 1. The molecule has 0 aliphatic rings. The molecule has 0 amide bonds. The van der Waals surface area contributed by atoms with Gasteiger partial charge in [0.1, 0.15) is 11.3 Å². The summed E-state index contributed by atoms with van der Waals surface area (Å²) in [7, 11) is 0. The van der Waals surface area contributed by atoms with E-state index in [4.69, 9.17) is 9.84 Å². The monoisotopic (exact) mass is 282 g/mol. The normalized spacial score (nSPS) is 10.5. The quantitative estimate of drug-likeness (QED) is 0.531. The zero-order valence-corrected chi connectivity index (χ0v) is 11.4. The second-order valence-corrected chi connectivity index (χ2v) is 4.47. The number of aromatic carboxylic acids is 1. The van der Waals surface area contributed by atoms with Crippen LogP contribution in [0.15, 0.2) is 54.6 Å². The third-order valence-electron chi connectivity index (χ3n) is 2.82. The Morgan fingerprint density at radius 3 is 2.38 bits per heavy atom. The highest BCUT2D eigenvalue weighted by molar-refractivity contribution is 5.94. The van der Waals surface area contributed by atoms with Crippen LogP contribution >= 0.6 is 0 Å². The lowest BCUT2D eigenvalue weighted by Gasteiger charge is -2.04. The minimum atomic E-state index is -1.14. The molecule has 0 aliphatic carbocycles. The number of carboxylic acid groups (broad SMARTS) is 1. The van der Waals surface area contributed by atoms with Gasteiger partial charge < -0.3 is 9.84 Å². The predicted octanol–water partition coefficient (Wildman–Crippen LogP) is 3.31. The van der Waals surface area contributed by atoms with Gasteiger partial charge in [-0.2, -0.15) is 0 Å². The van der Waals surface area contributed by atoms with Crippen LogP contribution in [0, 0.1) is 6.92 Å². The number of carbonyl (C=O) groups is 2. The lowest BCUT2D eigenvalue weighted by Crippen LogP contribution is -2.08. The second kappa shape index (κ2) is 6.52. The highest BCUT2D eigenvalue weighted by atomic mass is 16.5. The number of benzene rings is 2. The van der Waals surface area contributed by atoms with Crippen LogP contribution in [0.1, 0.15) is 21.5 Å². The van der Waals surface area contributed by atoms with Crippen molar-refractivity contribution in [2.75, 3.05) is 0 Å². The first-order chi connectivity index (χ1) is 10.1. The molecule has 4 nitrogen and oxygen atoms in total. The molecular formula is C17H14O4. The number of hydrogen-bond acceptors (Lipinski definition) is 3. The van der Waals surface area contributed by atoms with Gasteiger partial charge in [0, 0.05) is 6.08 Å². The highest BCUT2D eigenvalue weighted by Crippen LogP contribution is 2.18. The van der Waals surface area contributed by atoms with Crippen LogP contribution in [-0.2, 0) is 4.79 Å². The number of aryl methyl sites for hydroxylation is 1. The van der Waals surface area contributed by atoms with E-state index in [0.717, 1.165) is 11.1 Å². The summed E-state index contributed by atoms with van der Waals surface area (Å²) in [6.07, 6.45) is 2.88. The topological polar surface area (TPSA) is 63.6 Å². The molecule has 0 radical (unpaired) electrons. The Labute approximate surface area is 122 Å². The SMILES string of the molecule is Cc1ccc(/C=C/C(=O)Oc2ccccc2C(=O)O)cc1. The Hall–Kier alpha value is -2.88. The van der Waals surface area contributed by atoms with Gasteiger partial charge in [-0.05, 0) is 30.7 Å². The molecule has 0 spiro atoms. The van der Waals surface area contributed by atoms with Gasteiger partial charge in [0.25, 0.3) is 0 Å². The van der Waals surface area contributed by atoms with E-state index < -0.39 is 11.9 Å². The summed E-state index contributed by atoms with van der Waals surface area (Å²) in [5.74, 6) is -1.73. The van der Waals surface area contributed by atoms with Crippen LogP contribution in [-0.4, -0.2) is 17.0 Å². The number of ether oxygens (including phenoxy) is 1. The maximum atomic E-state index is 11.7. The molecule has 0 aromatic heterocycles. The van der Waals surface area contributed by atoms with Crippen molar-refractivity contribution in [3.63, 3.8) is 0 Å². The van der Waals surface area contributed by atoms with Gasteiger partial charge in [0.2, 0.25) is 0 Å². The molecule has 2 aromatic carbocycles. The van der Waals surface area contributed by atoms with Gasteiger partial charge >= 0.3 is 11.9 Å². The summed E-state index contributed by atoms with van der Waals surface area (Å²) in [4.78, 5) is 22.7. The molecule has 0 saturated heterocycles. The minimum absolute atomic E-state index is 0.0311. The molecule has 0 bridgehead atoms. The zero-order valence-electron chi connectivity index (χ0n) is 11.4. The Bertz CT molecular complexity index is 684. The van der Waals surface area contributed by atoms with Gasteiger partial charge in [-0.15, -0.1) is 0 Å². The van der Waals surface area contributed by atoms with Crippen LogP contribution in [0.4, 0.5) is 0 Å². The van der Waals surface area contributed by atoms with Crippen LogP contribution < -0.4 is 4.74 Å². The third kappa shape index (κ3) is 4.04. The van der Waals surface area contributed by atoms with Gasteiger partial charge in [-0.25, -0.2) is 9.59 Å². The molecule has 1 N–H and O–H groups in total. The van der Waals surface area contributed by atoms with E-state index in [1.165, 1.54) is 18.2 Å². The van der Waals surface area contributed by atoms with Gasteiger partial charge in [0.15, 0.2) is 0 Å². The largest absolute Gasteiger partial charge is 0.478 e. The van der Waals surface area contributed by atoms with E-state index in [9.17, 15) is 9.59 Å². The van der Waals surface area contributed by atoms with Crippen LogP contribution in [0.25, 0.3) is 6.08 Å². The third-order valence-corrected chi connectivity index (χ3v) is 2.82. The molecule has 4 heteroatoms. The molecule has 0 heterocycles. The first kappa shape index (κ1) is 14.5. The molecule has 2 rings (SSSR count). The number of esters is 1.